The summed E-state index contributed by atoms with van der Waals surface area (Å²) < 4.78 is 19.3. The lowest BCUT2D eigenvalue weighted by atomic mass is 10.1. The summed E-state index contributed by atoms with van der Waals surface area (Å²) in [5.41, 5.74) is 3.95. The fourth-order valence-electron chi connectivity index (χ4n) is 2.56. The molecule has 0 unspecified atom stereocenters. The van der Waals surface area contributed by atoms with Crippen molar-refractivity contribution in [3.8, 4) is 5.75 Å². The Balaban J connectivity index is 1.73. The monoisotopic (exact) mass is 389 g/mol. The zero-order chi connectivity index (χ0) is 18.5. The van der Waals surface area contributed by atoms with Crippen molar-refractivity contribution in [1.82, 2.24) is 0 Å². The standard InChI is InChI=1S/C21H18Cl2FNO/c1-14-4-2-3-5-15(14)13-26-21-9-6-17(22)10-16(21)12-25-18-7-8-20(24)19(23)11-18/h2-11,25H,12-13H2,1H3. The number of hydrogen-bond donors (Lipinski definition) is 1. The lowest BCUT2D eigenvalue weighted by Crippen LogP contribution is -2.04. The highest BCUT2D eigenvalue weighted by atomic mass is 35.5. The summed E-state index contributed by atoms with van der Waals surface area (Å²) >= 11 is 12.0. The van der Waals surface area contributed by atoms with E-state index >= 15 is 0 Å². The molecule has 0 fully saturated rings. The van der Waals surface area contributed by atoms with Gasteiger partial charge in [-0.25, -0.2) is 4.39 Å². The van der Waals surface area contributed by atoms with Crippen molar-refractivity contribution in [2.75, 3.05) is 5.32 Å². The Kier molecular flexibility index (Phi) is 6.02. The molecule has 3 rings (SSSR count). The van der Waals surface area contributed by atoms with Crippen molar-refractivity contribution >= 4 is 28.9 Å². The van der Waals surface area contributed by atoms with Crippen LogP contribution in [0.15, 0.2) is 60.7 Å². The first-order valence-corrected chi connectivity index (χ1v) is 8.93. The first kappa shape index (κ1) is 18.6. The van der Waals surface area contributed by atoms with Gasteiger partial charge in [-0.3, -0.25) is 0 Å². The fourth-order valence-corrected chi connectivity index (χ4v) is 2.93. The predicted molar refractivity (Wildman–Crippen MR) is 106 cm³/mol. The molecule has 0 saturated heterocycles. The largest absolute Gasteiger partial charge is 0.489 e. The van der Waals surface area contributed by atoms with Crippen LogP contribution in [0.2, 0.25) is 10.0 Å². The van der Waals surface area contributed by atoms with Crippen LogP contribution < -0.4 is 10.1 Å². The Morgan fingerprint density at radius 3 is 2.54 bits per heavy atom. The SMILES string of the molecule is Cc1ccccc1COc1ccc(Cl)cc1CNc1ccc(F)c(Cl)c1. The molecule has 0 spiro atoms. The summed E-state index contributed by atoms with van der Waals surface area (Å²) in [4.78, 5) is 0. The van der Waals surface area contributed by atoms with Crippen molar-refractivity contribution in [3.05, 3.63) is 93.2 Å². The minimum absolute atomic E-state index is 0.0807. The third-order valence-electron chi connectivity index (χ3n) is 4.07. The van der Waals surface area contributed by atoms with Crippen molar-refractivity contribution in [3.63, 3.8) is 0 Å². The van der Waals surface area contributed by atoms with Gasteiger partial charge in [0.05, 0.1) is 5.02 Å². The molecule has 0 aliphatic rings. The molecule has 0 bridgehead atoms. The van der Waals surface area contributed by atoms with Gasteiger partial charge in [-0.1, -0.05) is 47.5 Å². The maximum atomic E-state index is 13.3. The van der Waals surface area contributed by atoms with E-state index in [2.05, 4.69) is 18.3 Å². The normalized spacial score (nSPS) is 10.6. The second-order valence-electron chi connectivity index (χ2n) is 5.95. The Morgan fingerprint density at radius 1 is 0.962 bits per heavy atom. The van der Waals surface area contributed by atoms with Gasteiger partial charge in [-0.05, 0) is 54.4 Å². The van der Waals surface area contributed by atoms with Crippen LogP contribution in [0.1, 0.15) is 16.7 Å². The smallest absolute Gasteiger partial charge is 0.141 e. The molecule has 0 aromatic heterocycles. The Bertz CT molecular complexity index is 914. The number of rotatable bonds is 6. The molecule has 0 atom stereocenters. The number of anilines is 1. The van der Waals surface area contributed by atoms with Gasteiger partial charge in [-0.15, -0.1) is 0 Å². The Morgan fingerprint density at radius 2 is 1.77 bits per heavy atom. The number of ether oxygens (including phenoxy) is 1. The van der Waals surface area contributed by atoms with Crippen LogP contribution in [0.5, 0.6) is 5.75 Å². The summed E-state index contributed by atoms with van der Waals surface area (Å²) in [5, 5.41) is 3.92. The van der Waals surface area contributed by atoms with E-state index < -0.39 is 5.82 Å². The summed E-state index contributed by atoms with van der Waals surface area (Å²) in [6.45, 7) is 3.01. The van der Waals surface area contributed by atoms with Gasteiger partial charge >= 0.3 is 0 Å². The molecule has 0 amide bonds. The van der Waals surface area contributed by atoms with Gasteiger partial charge in [0, 0.05) is 22.8 Å². The van der Waals surface area contributed by atoms with Gasteiger partial charge in [0.25, 0.3) is 0 Å². The van der Waals surface area contributed by atoms with Crippen LogP contribution in [-0.2, 0) is 13.2 Å². The summed E-state index contributed by atoms with van der Waals surface area (Å²) in [6.07, 6.45) is 0. The summed E-state index contributed by atoms with van der Waals surface area (Å²) in [5.74, 6) is 0.306. The minimum atomic E-state index is -0.442. The molecule has 26 heavy (non-hydrogen) atoms. The van der Waals surface area contributed by atoms with Crippen LogP contribution in [0.3, 0.4) is 0 Å². The molecule has 0 aliphatic heterocycles. The lowest BCUT2D eigenvalue weighted by Gasteiger charge is -2.14. The highest BCUT2D eigenvalue weighted by molar-refractivity contribution is 6.31. The van der Waals surface area contributed by atoms with E-state index in [0.717, 1.165) is 22.6 Å². The van der Waals surface area contributed by atoms with Gasteiger partial charge in [0.15, 0.2) is 0 Å². The van der Waals surface area contributed by atoms with Crippen LogP contribution in [0.4, 0.5) is 10.1 Å². The molecule has 5 heteroatoms. The van der Waals surface area contributed by atoms with E-state index in [1.54, 1.807) is 18.2 Å². The number of hydrogen-bond acceptors (Lipinski definition) is 2. The predicted octanol–water partition coefficient (Wildman–Crippen LogP) is 6.63. The molecular formula is C21H18Cl2FNO. The second-order valence-corrected chi connectivity index (χ2v) is 6.79. The van der Waals surface area contributed by atoms with Crippen molar-refractivity contribution < 1.29 is 9.13 Å². The summed E-state index contributed by atoms with van der Waals surface area (Å²) in [6, 6.07) is 18.1. The number of aryl methyl sites for hydroxylation is 1. The zero-order valence-corrected chi connectivity index (χ0v) is 15.7. The van der Waals surface area contributed by atoms with E-state index in [9.17, 15) is 4.39 Å². The molecule has 0 radical (unpaired) electrons. The average molecular weight is 390 g/mol. The maximum Gasteiger partial charge on any atom is 0.141 e. The third kappa shape index (κ3) is 4.69. The lowest BCUT2D eigenvalue weighted by molar-refractivity contribution is 0.302. The highest BCUT2D eigenvalue weighted by Crippen LogP contribution is 2.26. The van der Waals surface area contributed by atoms with Crippen LogP contribution in [-0.4, -0.2) is 0 Å². The van der Waals surface area contributed by atoms with E-state index in [1.807, 2.05) is 30.3 Å². The molecule has 0 saturated carbocycles. The van der Waals surface area contributed by atoms with Crippen molar-refractivity contribution in [1.29, 1.82) is 0 Å². The van der Waals surface area contributed by atoms with Crippen LogP contribution >= 0.6 is 23.2 Å². The fraction of sp³-hybridized carbons (Fsp3) is 0.143. The first-order chi connectivity index (χ1) is 12.5. The first-order valence-electron chi connectivity index (χ1n) is 8.17. The summed E-state index contributed by atoms with van der Waals surface area (Å²) in [7, 11) is 0. The number of nitrogens with one attached hydrogen (secondary N) is 1. The molecular weight excluding hydrogens is 372 g/mol. The van der Waals surface area contributed by atoms with Crippen LogP contribution in [0, 0.1) is 12.7 Å². The molecule has 2 nitrogen and oxygen atoms in total. The molecule has 0 heterocycles. The topological polar surface area (TPSA) is 21.3 Å². The second kappa shape index (κ2) is 8.43. The Labute approximate surface area is 162 Å². The van der Waals surface area contributed by atoms with E-state index in [4.69, 9.17) is 27.9 Å². The van der Waals surface area contributed by atoms with E-state index in [1.165, 1.54) is 11.6 Å². The van der Waals surface area contributed by atoms with Crippen molar-refractivity contribution in [2.24, 2.45) is 0 Å². The Hall–Kier alpha value is -2.23. The van der Waals surface area contributed by atoms with Gasteiger partial charge in [0.1, 0.15) is 18.2 Å². The quantitative estimate of drug-likeness (QED) is 0.510. The third-order valence-corrected chi connectivity index (χ3v) is 4.59. The number of benzene rings is 3. The van der Waals surface area contributed by atoms with Crippen LogP contribution in [0.25, 0.3) is 0 Å². The van der Waals surface area contributed by atoms with Gasteiger partial charge in [-0.2, -0.15) is 0 Å². The zero-order valence-electron chi connectivity index (χ0n) is 14.2. The molecule has 134 valence electrons. The molecule has 1 N–H and O–H groups in total. The molecule has 3 aromatic rings. The van der Waals surface area contributed by atoms with E-state index in [-0.39, 0.29) is 5.02 Å². The average Bonchev–Trinajstić information content (AvgIpc) is 2.63. The molecule has 3 aromatic carbocycles. The highest BCUT2D eigenvalue weighted by Gasteiger charge is 2.08. The molecule has 0 aliphatic carbocycles. The van der Waals surface area contributed by atoms with Crippen molar-refractivity contribution in [2.45, 2.75) is 20.1 Å². The number of halogens is 3. The van der Waals surface area contributed by atoms with E-state index in [0.29, 0.717) is 18.2 Å². The van der Waals surface area contributed by atoms with Gasteiger partial charge in [0.2, 0.25) is 0 Å². The minimum Gasteiger partial charge on any atom is -0.489 e. The maximum absolute atomic E-state index is 13.3. The van der Waals surface area contributed by atoms with Gasteiger partial charge < -0.3 is 10.1 Å².